The summed E-state index contributed by atoms with van der Waals surface area (Å²) in [4.78, 5) is 11.1. The molecule has 4 rings (SSSR count). The molecule has 4 aliphatic rings. The number of aliphatic hydroxyl groups excluding tert-OH is 2. The maximum atomic E-state index is 11.6. The van der Waals surface area contributed by atoms with Crippen molar-refractivity contribution in [3.63, 3.8) is 0 Å². The van der Waals surface area contributed by atoms with Gasteiger partial charge in [-0.3, -0.25) is 4.79 Å². The van der Waals surface area contributed by atoms with Gasteiger partial charge >= 0.3 is 5.97 Å². The number of rotatable bonds is 5. The van der Waals surface area contributed by atoms with Crippen LogP contribution in [0.25, 0.3) is 0 Å². The molecule has 30 heavy (non-hydrogen) atoms. The maximum absolute atomic E-state index is 11.6. The van der Waals surface area contributed by atoms with Crippen molar-refractivity contribution in [1.29, 1.82) is 0 Å². The smallest absolute Gasteiger partial charge is 0.303 e. The van der Waals surface area contributed by atoms with Crippen molar-refractivity contribution in [3.8, 4) is 0 Å². The highest BCUT2D eigenvalue weighted by atomic mass is 16.4. The Kier molecular flexibility index (Phi) is 6.07. The molecule has 0 amide bonds. The summed E-state index contributed by atoms with van der Waals surface area (Å²) in [5, 5.41) is 31.0. The summed E-state index contributed by atoms with van der Waals surface area (Å²) in [6.07, 6.45) is 9.43. The number of hydrogen-bond donors (Lipinski definition) is 3. The quantitative estimate of drug-likeness (QED) is 0.577. The van der Waals surface area contributed by atoms with Gasteiger partial charge in [-0.1, -0.05) is 27.7 Å². The van der Waals surface area contributed by atoms with Crippen molar-refractivity contribution < 1.29 is 20.1 Å². The Hall–Kier alpha value is -0.610. The van der Waals surface area contributed by atoms with Crippen molar-refractivity contribution in [2.45, 2.75) is 104 Å². The van der Waals surface area contributed by atoms with Crippen LogP contribution in [0.15, 0.2) is 0 Å². The van der Waals surface area contributed by atoms with Crippen LogP contribution >= 0.6 is 0 Å². The molecule has 3 N–H and O–H groups in total. The Morgan fingerprint density at radius 2 is 1.73 bits per heavy atom. The highest BCUT2D eigenvalue weighted by Gasteiger charge is 2.63. The van der Waals surface area contributed by atoms with Crippen LogP contribution in [-0.2, 0) is 4.79 Å². The summed E-state index contributed by atoms with van der Waals surface area (Å²) in [6, 6.07) is 0. The second kappa shape index (κ2) is 8.06. The number of aliphatic carboxylic acids is 1. The van der Waals surface area contributed by atoms with Gasteiger partial charge in [0.05, 0.1) is 12.2 Å². The average Bonchev–Trinajstić information content (AvgIpc) is 3.05. The van der Waals surface area contributed by atoms with Crippen LogP contribution < -0.4 is 0 Å². The molecule has 4 fully saturated rings. The largest absolute Gasteiger partial charge is 0.481 e. The lowest BCUT2D eigenvalue weighted by molar-refractivity contribution is -0.176. The molecule has 172 valence electrons. The summed E-state index contributed by atoms with van der Waals surface area (Å²) in [6.45, 7) is 9.36. The number of hydrogen-bond acceptors (Lipinski definition) is 3. The fourth-order valence-corrected chi connectivity index (χ4v) is 9.10. The molecule has 0 heterocycles. The lowest BCUT2D eigenvalue weighted by Gasteiger charge is -2.62. The van der Waals surface area contributed by atoms with Gasteiger partial charge in [-0.05, 0) is 110 Å². The van der Waals surface area contributed by atoms with E-state index in [0.717, 1.165) is 32.1 Å². The van der Waals surface area contributed by atoms with E-state index in [0.29, 0.717) is 41.4 Å². The zero-order chi connectivity index (χ0) is 21.8. The first kappa shape index (κ1) is 22.6. The standard InChI is InChI=1S/C26H44O4/c1-15(5-10-24(29)30)16(2)20-8-9-21-19-7-6-17-13-18(27)11-12-25(17,3)22(19)14-23(28)26(20,21)4/h15-23,27-28H,5-14H2,1-4H3,(H,29,30)/t15-,16-,17-,18-,19+,20-,21+,22+,23+,25+,26-/m1/s1. The van der Waals surface area contributed by atoms with Gasteiger partial charge in [-0.2, -0.15) is 0 Å². The Labute approximate surface area is 182 Å². The minimum Gasteiger partial charge on any atom is -0.481 e. The van der Waals surface area contributed by atoms with Gasteiger partial charge in [0.2, 0.25) is 0 Å². The molecular formula is C26H44O4. The first-order valence-corrected chi connectivity index (χ1v) is 12.7. The predicted molar refractivity (Wildman–Crippen MR) is 118 cm³/mol. The van der Waals surface area contributed by atoms with Crippen LogP contribution in [-0.4, -0.2) is 33.5 Å². The van der Waals surface area contributed by atoms with Crippen LogP contribution in [0.2, 0.25) is 0 Å². The van der Waals surface area contributed by atoms with Gasteiger partial charge in [-0.25, -0.2) is 0 Å². The summed E-state index contributed by atoms with van der Waals surface area (Å²) < 4.78 is 0. The summed E-state index contributed by atoms with van der Waals surface area (Å²) in [7, 11) is 0. The first-order valence-electron chi connectivity index (χ1n) is 12.7. The summed E-state index contributed by atoms with van der Waals surface area (Å²) >= 11 is 0. The van der Waals surface area contributed by atoms with E-state index in [1.165, 1.54) is 25.7 Å². The Morgan fingerprint density at radius 3 is 2.43 bits per heavy atom. The van der Waals surface area contributed by atoms with Gasteiger partial charge in [0.15, 0.2) is 0 Å². The molecule has 4 aliphatic carbocycles. The number of fused-ring (bicyclic) bond motifs is 5. The van der Waals surface area contributed by atoms with Gasteiger partial charge in [0.1, 0.15) is 0 Å². The lowest BCUT2D eigenvalue weighted by atomic mass is 9.43. The van der Waals surface area contributed by atoms with Crippen LogP contribution in [0.1, 0.15) is 91.9 Å². The molecule has 0 unspecified atom stereocenters. The van der Waals surface area contributed by atoms with Crippen LogP contribution in [0, 0.1) is 52.3 Å². The number of carbonyl (C=O) groups is 1. The highest BCUT2D eigenvalue weighted by molar-refractivity contribution is 5.66. The van der Waals surface area contributed by atoms with Crippen molar-refractivity contribution in [2.75, 3.05) is 0 Å². The minimum atomic E-state index is -0.701. The zero-order valence-corrected chi connectivity index (χ0v) is 19.5. The summed E-state index contributed by atoms with van der Waals surface area (Å²) in [5.41, 5.74) is 0.248. The molecule has 4 saturated carbocycles. The topological polar surface area (TPSA) is 77.8 Å². The van der Waals surface area contributed by atoms with E-state index in [9.17, 15) is 15.0 Å². The highest BCUT2D eigenvalue weighted by Crippen LogP contribution is 2.68. The van der Waals surface area contributed by atoms with E-state index in [4.69, 9.17) is 5.11 Å². The Bertz CT molecular complexity index is 649. The van der Waals surface area contributed by atoms with Crippen LogP contribution in [0.5, 0.6) is 0 Å². The van der Waals surface area contributed by atoms with Gasteiger partial charge in [0.25, 0.3) is 0 Å². The average molecular weight is 421 g/mol. The van der Waals surface area contributed by atoms with E-state index < -0.39 is 5.97 Å². The van der Waals surface area contributed by atoms with E-state index in [-0.39, 0.29) is 29.5 Å². The van der Waals surface area contributed by atoms with E-state index in [1.54, 1.807) is 0 Å². The van der Waals surface area contributed by atoms with Crippen LogP contribution in [0.3, 0.4) is 0 Å². The van der Waals surface area contributed by atoms with E-state index >= 15 is 0 Å². The Balaban J connectivity index is 1.54. The number of aliphatic hydroxyl groups is 2. The second-order valence-corrected chi connectivity index (χ2v) is 12.2. The fraction of sp³-hybridized carbons (Fsp3) is 0.962. The Morgan fingerprint density at radius 1 is 1.00 bits per heavy atom. The minimum absolute atomic E-state index is 0.0323. The molecule has 0 saturated heterocycles. The zero-order valence-electron chi connectivity index (χ0n) is 19.5. The lowest BCUT2D eigenvalue weighted by Crippen LogP contribution is -2.59. The van der Waals surface area contributed by atoms with Gasteiger partial charge in [-0.15, -0.1) is 0 Å². The fourth-order valence-electron chi connectivity index (χ4n) is 9.10. The van der Waals surface area contributed by atoms with E-state index in [1.807, 2.05) is 0 Å². The molecule has 0 aromatic heterocycles. The van der Waals surface area contributed by atoms with Crippen molar-refractivity contribution in [3.05, 3.63) is 0 Å². The molecule has 0 radical (unpaired) electrons. The monoisotopic (exact) mass is 420 g/mol. The SMILES string of the molecule is C[C@H]([C@H](C)CCC(=O)O)[C@H]1CC[C@H]2[C@@H]3CC[C@@H]4C[C@H](O)CC[C@]4(C)[C@H]3C[C@H](O)[C@]12C. The normalized spacial score (nSPS) is 50.1. The molecule has 0 bridgehead atoms. The van der Waals surface area contributed by atoms with Crippen molar-refractivity contribution in [1.82, 2.24) is 0 Å². The molecule has 4 nitrogen and oxygen atoms in total. The first-order chi connectivity index (χ1) is 14.1. The molecule has 11 atom stereocenters. The third kappa shape index (κ3) is 3.45. The molecular weight excluding hydrogens is 376 g/mol. The van der Waals surface area contributed by atoms with Crippen LogP contribution in [0.4, 0.5) is 0 Å². The molecule has 0 spiro atoms. The second-order valence-electron chi connectivity index (χ2n) is 12.2. The van der Waals surface area contributed by atoms with Gasteiger partial charge < -0.3 is 15.3 Å². The third-order valence-electron chi connectivity index (χ3n) is 11.2. The molecule has 0 aromatic rings. The van der Waals surface area contributed by atoms with E-state index in [2.05, 4.69) is 27.7 Å². The third-order valence-corrected chi connectivity index (χ3v) is 11.2. The number of carboxylic acid groups (broad SMARTS) is 1. The van der Waals surface area contributed by atoms with Gasteiger partial charge in [0, 0.05) is 6.42 Å². The molecule has 0 aliphatic heterocycles. The number of carboxylic acids is 1. The van der Waals surface area contributed by atoms with Crippen molar-refractivity contribution in [2.24, 2.45) is 52.3 Å². The molecule has 4 heteroatoms. The molecule has 0 aromatic carbocycles. The summed E-state index contributed by atoms with van der Waals surface area (Å²) in [5.74, 6) is 3.12. The van der Waals surface area contributed by atoms with Crippen molar-refractivity contribution >= 4 is 5.97 Å². The maximum Gasteiger partial charge on any atom is 0.303 e. The predicted octanol–water partition coefficient (Wildman–Crippen LogP) is 5.11.